The van der Waals surface area contributed by atoms with Gasteiger partial charge in [0.15, 0.2) is 28.8 Å². The van der Waals surface area contributed by atoms with E-state index in [0.29, 0.717) is 103 Å². The summed E-state index contributed by atoms with van der Waals surface area (Å²) in [7, 11) is 6.33. The predicted octanol–water partition coefficient (Wildman–Crippen LogP) is 8.96. The van der Waals surface area contributed by atoms with Gasteiger partial charge >= 0.3 is 0 Å². The molecule has 3 amide bonds. The number of rotatable bonds is 23. The summed E-state index contributed by atoms with van der Waals surface area (Å²) >= 11 is 0. The number of hydrogen-bond acceptors (Lipinski definition) is 14. The van der Waals surface area contributed by atoms with E-state index in [1.807, 2.05) is 79.2 Å². The van der Waals surface area contributed by atoms with Gasteiger partial charge in [0.25, 0.3) is 11.8 Å². The van der Waals surface area contributed by atoms with Gasteiger partial charge in [0.05, 0.1) is 61.5 Å². The van der Waals surface area contributed by atoms with Crippen LogP contribution in [-0.4, -0.2) is 92.9 Å². The third-order valence-corrected chi connectivity index (χ3v) is 15.2. The minimum absolute atomic E-state index is 0.0271. The van der Waals surface area contributed by atoms with Crippen molar-refractivity contribution in [3.63, 3.8) is 0 Å². The summed E-state index contributed by atoms with van der Waals surface area (Å²) in [5.41, 5.74) is 13.2. The van der Waals surface area contributed by atoms with Crippen LogP contribution in [0.1, 0.15) is 68.7 Å². The molecule has 372 valence electrons. The number of hydrogen-bond donors (Lipinski definition) is 2. The molecule has 17 heteroatoms. The topological polar surface area (TPSA) is 184 Å². The first-order valence-corrected chi connectivity index (χ1v) is 26.4. The Labute approximate surface area is 426 Å². The number of ketones is 1. The molecule has 0 saturated carbocycles. The van der Waals surface area contributed by atoms with Crippen molar-refractivity contribution in [1.29, 1.82) is 0 Å². The Morgan fingerprint density at radius 3 is 1.82 bits per heavy atom. The van der Waals surface area contributed by atoms with Gasteiger partial charge in [-0.05, 0) is 90.1 Å². The van der Waals surface area contributed by atoms with Gasteiger partial charge in [0.1, 0.15) is 19.0 Å². The van der Waals surface area contributed by atoms with E-state index in [2.05, 4.69) is 11.9 Å². The minimum Gasteiger partial charge on any atom is -0.494 e. The maximum absolute atomic E-state index is 14.0. The molecule has 9 rings (SSSR count). The molecule has 3 unspecified atom stereocenters. The highest BCUT2D eigenvalue weighted by atomic mass is 33.1. The molecule has 0 bridgehead atoms. The second kappa shape index (κ2) is 23.0. The van der Waals surface area contributed by atoms with E-state index in [9.17, 15) is 19.2 Å². The molecule has 5 aromatic rings. The Hall–Kier alpha value is -7.08. The zero-order valence-corrected chi connectivity index (χ0v) is 41.8. The zero-order chi connectivity index (χ0) is 50.1. The number of carbonyl (C=O) groups is 4. The third kappa shape index (κ3) is 11.2. The van der Waals surface area contributed by atoms with E-state index in [1.165, 1.54) is 20.3 Å². The lowest BCUT2D eigenvalue weighted by molar-refractivity contribution is -0.121. The fourth-order valence-corrected chi connectivity index (χ4v) is 11.2. The van der Waals surface area contributed by atoms with Crippen LogP contribution in [0.3, 0.4) is 0 Å². The first-order chi connectivity index (χ1) is 35.1. The number of anilines is 2. The van der Waals surface area contributed by atoms with Crippen molar-refractivity contribution in [2.45, 2.75) is 69.9 Å². The number of nitrogens with one attached hydrogen (secondary N) is 1. The van der Waals surface area contributed by atoms with Crippen LogP contribution in [-0.2, 0) is 35.6 Å². The molecule has 0 radical (unpaired) electrons. The molecule has 0 aromatic heterocycles. The van der Waals surface area contributed by atoms with Crippen LogP contribution in [0.25, 0.3) is 0 Å². The standard InChI is InChI=1S/C55H56N6O9S2/c1-4-48(62)43(56)16-19-71-72-20-17-57-53(63)15-9-10-18-68-40-22-34(32-69-51-28-44-41(26-49(51)66-2)54(64)60-38(30-58-44)24-36-11-5-7-13-46(36)60)21-35(23-40)33-70-52-29-45-42(27-50(52)67-3)55(65)61-39(31-59-45)25-37-12-6-8-14-47(37)61/h4-8,11-14,21-23,26-31,38-39,43H,1,9-10,15-20,24-25,32-33,56H2,2-3H3,(H,57,63). The fraction of sp³-hybridized carbons (Fsp3) is 0.309. The van der Waals surface area contributed by atoms with E-state index in [0.717, 1.165) is 45.1 Å². The van der Waals surface area contributed by atoms with Crippen LogP contribution in [0.15, 0.2) is 114 Å². The van der Waals surface area contributed by atoms with Gasteiger partial charge in [0.2, 0.25) is 5.91 Å². The molecule has 0 saturated heterocycles. The van der Waals surface area contributed by atoms with E-state index >= 15 is 0 Å². The molecule has 0 aliphatic carbocycles. The van der Waals surface area contributed by atoms with Gasteiger partial charge in [0, 0.05) is 73.2 Å². The van der Waals surface area contributed by atoms with Crippen LogP contribution in [0.4, 0.5) is 22.7 Å². The maximum atomic E-state index is 14.0. The molecule has 5 aromatic carbocycles. The number of ether oxygens (including phenoxy) is 5. The van der Waals surface area contributed by atoms with Crippen molar-refractivity contribution in [2.24, 2.45) is 15.7 Å². The van der Waals surface area contributed by atoms with Gasteiger partial charge in [-0.1, -0.05) is 64.6 Å². The molecule has 0 spiro atoms. The monoisotopic (exact) mass is 1010 g/mol. The highest BCUT2D eigenvalue weighted by Crippen LogP contribution is 2.43. The number of aliphatic imine (C=N–C) groups is 2. The summed E-state index contributed by atoms with van der Waals surface area (Å²) in [6, 6.07) is 27.5. The summed E-state index contributed by atoms with van der Waals surface area (Å²) in [6.45, 7) is 4.60. The highest BCUT2D eigenvalue weighted by molar-refractivity contribution is 8.76. The highest BCUT2D eigenvalue weighted by Gasteiger charge is 2.38. The number of carbonyl (C=O) groups excluding carboxylic acids is 4. The number of nitrogens with zero attached hydrogens (tertiary/aromatic N) is 4. The quantitative estimate of drug-likeness (QED) is 0.0360. The van der Waals surface area contributed by atoms with Gasteiger partial charge in [-0.3, -0.25) is 39.0 Å². The third-order valence-electron chi connectivity index (χ3n) is 12.8. The lowest BCUT2D eigenvalue weighted by atomic mass is 10.1. The average Bonchev–Trinajstić information content (AvgIpc) is 3.89. The molecule has 15 nitrogen and oxygen atoms in total. The lowest BCUT2D eigenvalue weighted by Gasteiger charge is -2.22. The van der Waals surface area contributed by atoms with Crippen molar-refractivity contribution < 1.29 is 42.9 Å². The van der Waals surface area contributed by atoms with Crippen molar-refractivity contribution in [3.05, 3.63) is 137 Å². The van der Waals surface area contributed by atoms with Gasteiger partial charge in [-0.2, -0.15) is 0 Å². The number of fused-ring (bicyclic) bond motifs is 8. The summed E-state index contributed by atoms with van der Waals surface area (Å²) in [5, 5.41) is 2.97. The number of nitrogens with two attached hydrogens (primary N) is 1. The van der Waals surface area contributed by atoms with Gasteiger partial charge in [-0.25, -0.2) is 0 Å². The van der Waals surface area contributed by atoms with Crippen molar-refractivity contribution in [1.82, 2.24) is 5.32 Å². The van der Waals surface area contributed by atoms with Crippen LogP contribution in [0, 0.1) is 0 Å². The van der Waals surface area contributed by atoms with E-state index in [4.69, 9.17) is 39.4 Å². The fourth-order valence-electron chi connectivity index (χ4n) is 9.16. The van der Waals surface area contributed by atoms with Crippen molar-refractivity contribution >= 4 is 80.3 Å². The number of benzene rings is 5. The number of unbranched alkanes of at least 4 members (excludes halogenated alkanes) is 1. The van der Waals surface area contributed by atoms with Gasteiger partial charge < -0.3 is 34.7 Å². The Morgan fingerprint density at radius 1 is 0.736 bits per heavy atom. The Morgan fingerprint density at radius 2 is 1.28 bits per heavy atom. The average molecular weight is 1010 g/mol. The molecule has 4 heterocycles. The normalized spacial score (nSPS) is 16.3. The number of amides is 3. The Kier molecular flexibility index (Phi) is 15.9. The summed E-state index contributed by atoms with van der Waals surface area (Å²) < 4.78 is 30.8. The van der Waals surface area contributed by atoms with Crippen molar-refractivity contribution in [2.75, 3.05) is 48.7 Å². The summed E-state index contributed by atoms with van der Waals surface area (Å²) in [6.07, 6.45) is 8.47. The first-order valence-electron chi connectivity index (χ1n) is 23.9. The lowest BCUT2D eigenvalue weighted by Crippen LogP contribution is -2.37. The Balaban J connectivity index is 0.867. The molecule has 3 N–H and O–H groups in total. The molecule has 4 aliphatic heterocycles. The second-order valence-corrected chi connectivity index (χ2v) is 20.3. The zero-order valence-electron chi connectivity index (χ0n) is 40.2. The Bertz CT molecular complexity index is 2780. The van der Waals surface area contributed by atoms with Crippen LogP contribution in [0.2, 0.25) is 0 Å². The number of para-hydroxylation sites is 2. The molecule has 0 fully saturated rings. The summed E-state index contributed by atoms with van der Waals surface area (Å²) in [5.74, 6) is 3.17. The van der Waals surface area contributed by atoms with E-state index in [-0.39, 0.29) is 48.8 Å². The summed E-state index contributed by atoms with van der Waals surface area (Å²) in [4.78, 5) is 65.4. The van der Waals surface area contributed by atoms with Crippen molar-refractivity contribution in [3.8, 4) is 28.7 Å². The smallest absolute Gasteiger partial charge is 0.261 e. The predicted molar refractivity (Wildman–Crippen MR) is 284 cm³/mol. The minimum atomic E-state index is -0.526. The SMILES string of the molecule is C=CC(=O)C(N)CCSSCCNC(=O)CCCCOc1cc(COc2cc3c(cc2OC)C(=O)N2c4ccccc4CC2C=N3)cc(COc2cc3c(cc2OC)C(=O)N2c4ccccc4CC2C=N3)c1. The van der Waals surface area contributed by atoms with E-state index in [1.54, 1.807) is 55.7 Å². The molecule has 3 atom stereocenters. The second-order valence-electron chi connectivity index (χ2n) is 17.6. The molecular weight excluding hydrogens is 953 g/mol. The van der Waals surface area contributed by atoms with E-state index < -0.39 is 6.04 Å². The molecule has 4 aliphatic rings. The largest absolute Gasteiger partial charge is 0.494 e. The first kappa shape index (κ1) is 49.9. The van der Waals surface area contributed by atoms with Crippen LogP contribution >= 0.6 is 21.6 Å². The number of methoxy groups -OCH3 is 2. The van der Waals surface area contributed by atoms with Crippen LogP contribution in [0.5, 0.6) is 28.7 Å². The maximum Gasteiger partial charge on any atom is 0.261 e. The van der Waals surface area contributed by atoms with Gasteiger partial charge in [-0.15, -0.1) is 0 Å². The molecule has 72 heavy (non-hydrogen) atoms. The molecular formula is C55H56N6O9S2. The van der Waals surface area contributed by atoms with Crippen LogP contribution < -0.4 is 44.5 Å².